The lowest BCUT2D eigenvalue weighted by Crippen LogP contribution is -2.25. The van der Waals surface area contributed by atoms with Gasteiger partial charge in [0.25, 0.3) is 11.8 Å². The lowest BCUT2D eigenvalue weighted by Gasteiger charge is -2.18. The van der Waals surface area contributed by atoms with Crippen LogP contribution >= 0.6 is 23.5 Å². The zero-order valence-corrected chi connectivity index (χ0v) is 58.5. The fourth-order valence-electron chi connectivity index (χ4n) is 14.1. The number of aromatic hydroxyl groups is 2. The molecule has 1 aromatic heterocycles. The van der Waals surface area contributed by atoms with Crippen LogP contribution < -0.4 is 27.2 Å². The number of aromatic carboxylic acids is 2. The number of phenolic OH excluding ortho intramolecular Hbond substituents is 2. The van der Waals surface area contributed by atoms with E-state index in [1.54, 1.807) is 59.9 Å². The van der Waals surface area contributed by atoms with Gasteiger partial charge in [0.1, 0.15) is 44.2 Å². The Morgan fingerprint density at radius 1 is 0.558 bits per heavy atom. The molecule has 542 valence electrons. The molecule has 8 N–H and O–H groups in total. The highest BCUT2D eigenvalue weighted by molar-refractivity contribution is 7.99. The van der Waals surface area contributed by atoms with Crippen molar-refractivity contribution in [2.45, 2.75) is 108 Å². The monoisotopic (exact) mass is 1450 g/mol. The molecule has 0 radical (unpaired) electrons. The number of phenols is 2. The number of carboxylic acid groups (broad SMARTS) is 2. The Kier molecular flexibility index (Phi) is 26.8. The molecule has 0 bridgehead atoms. The number of nitrogens with two attached hydrogens (primary N) is 1. The lowest BCUT2D eigenvalue weighted by atomic mass is 9.90. The van der Waals surface area contributed by atoms with Crippen molar-refractivity contribution in [3.05, 3.63) is 163 Å². The number of carbonyl (C=O) groups excluding carboxylic acids is 6. The smallest absolute Gasteiger partial charge is 0.373 e. The maximum Gasteiger partial charge on any atom is 0.373 e. The molecular formula is C79H81N5O18S2. The average Bonchev–Trinajstić information content (AvgIpc) is 1.30. The first kappa shape index (κ1) is 77.5. The number of hydrogen-bond acceptors (Lipinski definition) is 21. The summed E-state index contributed by atoms with van der Waals surface area (Å²) in [7, 11) is 1.50. The lowest BCUT2D eigenvalue weighted by molar-refractivity contribution is -0.191. The summed E-state index contributed by atoms with van der Waals surface area (Å²) in [6, 6.07) is 26.2. The van der Waals surface area contributed by atoms with Crippen LogP contribution in [0.25, 0.3) is 66.8 Å². The minimum Gasteiger partial charge on any atom is -0.508 e. The van der Waals surface area contributed by atoms with Crippen LogP contribution in [0.5, 0.6) is 11.5 Å². The van der Waals surface area contributed by atoms with Gasteiger partial charge in [0.15, 0.2) is 10.9 Å². The molecule has 6 aliphatic carbocycles. The molecule has 8 aliphatic rings. The van der Waals surface area contributed by atoms with Crippen molar-refractivity contribution in [1.29, 1.82) is 0 Å². The predicted octanol–water partition coefficient (Wildman–Crippen LogP) is 12.6. The normalized spacial score (nSPS) is 17.2. The summed E-state index contributed by atoms with van der Waals surface area (Å²) in [6.07, 6.45) is 9.33. The molecule has 2 amide bonds. The minimum atomic E-state index is -1.25. The Balaban J connectivity index is 0.000000229. The van der Waals surface area contributed by atoms with Crippen LogP contribution in [0.15, 0.2) is 138 Å². The maximum absolute atomic E-state index is 13.1. The van der Waals surface area contributed by atoms with Gasteiger partial charge in [-0.15, -0.1) is 45.6 Å². The van der Waals surface area contributed by atoms with E-state index < -0.39 is 23.8 Å². The van der Waals surface area contributed by atoms with Gasteiger partial charge in [0, 0.05) is 107 Å². The van der Waals surface area contributed by atoms with Gasteiger partial charge >= 0.3 is 30.0 Å². The Morgan fingerprint density at radius 3 is 1.33 bits per heavy atom. The van der Waals surface area contributed by atoms with Gasteiger partial charge in [0.2, 0.25) is 0 Å². The standard InChI is InChI=1S/C41H41N3O8S2.C35H31NO8.CH5N.CO2.CH4/c1-3-53-39-28-15-13-25-26(14-16-29(28)40(44-43-39)54-4-2)33(25)21-51-36(47)6-5-17-42-38(48)22-7-10-27(32(18-22)41(49)50)37-30-11-8-23(45)19-34(30)52-35-20-24(46)9-12-31(35)37;37-21-10-13-26-30(17-21)44-31-18-22(38)11-14-27(31)33(26)25-12-9-20(16-28(25)35(41)42)34(40)36-15-5-8-32(39)43-19-29-23-6-3-1-2-4-7-24(23)29;1-2;2-1-3;/h7-12,18-20,25-26,33,45H,3-6,13-17,21H2,1-2H3,(H,42,48)(H,49,50);9-14,16-18,23-24,29,37H,3-8,15,19H2,(H,36,40)(H,41,42);2H2,1H3;;1H4/t;23-,24+,29?;;;. The molecular weight excluding hydrogens is 1370 g/mol. The number of fused-ring (bicyclic) bond motifs is 7. The largest absolute Gasteiger partial charge is 0.508 e. The van der Waals surface area contributed by atoms with Crippen molar-refractivity contribution < 1.29 is 77.1 Å². The van der Waals surface area contributed by atoms with E-state index in [2.05, 4.69) is 52.3 Å². The second-order valence-corrected chi connectivity index (χ2v) is 27.6. The molecule has 2 fully saturated rings. The van der Waals surface area contributed by atoms with E-state index in [-0.39, 0.29) is 119 Å². The Labute approximate surface area is 607 Å². The number of esters is 2. The molecule has 2 saturated carbocycles. The first-order chi connectivity index (χ1) is 49.9. The summed E-state index contributed by atoms with van der Waals surface area (Å²) in [5.41, 5.74) is 9.86. The first-order valence-corrected chi connectivity index (χ1v) is 36.0. The van der Waals surface area contributed by atoms with Gasteiger partial charge in [0.05, 0.1) is 24.3 Å². The van der Waals surface area contributed by atoms with Gasteiger partial charge in [-0.1, -0.05) is 33.4 Å². The van der Waals surface area contributed by atoms with Crippen LogP contribution in [-0.4, -0.2) is 117 Å². The predicted molar refractivity (Wildman–Crippen MR) is 392 cm³/mol. The van der Waals surface area contributed by atoms with E-state index in [1.807, 2.05) is 0 Å². The summed E-state index contributed by atoms with van der Waals surface area (Å²) >= 11 is 3.51. The van der Waals surface area contributed by atoms with Crippen molar-refractivity contribution in [2.24, 2.45) is 41.2 Å². The number of rotatable bonds is 22. The van der Waals surface area contributed by atoms with Crippen LogP contribution in [0.1, 0.15) is 138 Å². The fourth-order valence-corrected chi connectivity index (χ4v) is 15.6. The van der Waals surface area contributed by atoms with E-state index in [0.717, 1.165) is 72.9 Å². The third kappa shape index (κ3) is 18.4. The van der Waals surface area contributed by atoms with Crippen LogP contribution in [0, 0.1) is 47.3 Å². The highest BCUT2D eigenvalue weighted by Crippen LogP contribution is 2.55. The van der Waals surface area contributed by atoms with Crippen LogP contribution in [0.2, 0.25) is 0 Å². The van der Waals surface area contributed by atoms with Crippen molar-refractivity contribution in [1.82, 2.24) is 20.8 Å². The highest BCUT2D eigenvalue weighted by atomic mass is 32.2. The van der Waals surface area contributed by atoms with Crippen LogP contribution in [-0.2, 0) is 41.5 Å². The van der Waals surface area contributed by atoms with Gasteiger partial charge in [-0.05, 0) is 200 Å². The molecule has 23 nitrogen and oxygen atoms in total. The molecule has 3 unspecified atom stereocenters. The summed E-state index contributed by atoms with van der Waals surface area (Å²) < 4.78 is 23.0. The van der Waals surface area contributed by atoms with Gasteiger partial charge in [-0.3, -0.25) is 28.8 Å². The molecule has 0 spiro atoms. The fraction of sp³-hybridized carbons (Fsp3) is 0.354. The Hall–Kier alpha value is -10.6. The van der Waals surface area contributed by atoms with Crippen LogP contribution in [0.4, 0.5) is 0 Å². The molecule has 0 saturated heterocycles. The molecule has 13 rings (SSSR count). The Morgan fingerprint density at radius 2 is 0.942 bits per heavy atom. The number of carbonyl (C=O) groups is 6. The molecule has 3 heterocycles. The van der Waals surface area contributed by atoms with Crippen molar-refractivity contribution in [2.75, 3.05) is 44.9 Å². The van der Waals surface area contributed by atoms with E-state index >= 15 is 0 Å². The second-order valence-electron chi connectivity index (χ2n) is 25.1. The zero-order valence-electron chi connectivity index (χ0n) is 56.9. The number of benzene rings is 6. The molecule has 5 atom stereocenters. The molecule has 4 aromatic carbocycles. The summed E-state index contributed by atoms with van der Waals surface area (Å²) in [4.78, 5) is 116. The van der Waals surface area contributed by atoms with E-state index in [9.17, 15) is 58.8 Å². The van der Waals surface area contributed by atoms with Crippen molar-refractivity contribution in [3.63, 3.8) is 0 Å². The number of nitrogens with one attached hydrogen (secondary N) is 2. The second kappa shape index (κ2) is 36.0. The topological polar surface area (TPSA) is 372 Å². The average molecular weight is 1450 g/mol. The maximum atomic E-state index is 13.1. The number of ether oxygens (including phenoxy) is 2. The van der Waals surface area contributed by atoms with Gasteiger partial charge in [-0.2, -0.15) is 9.59 Å². The third-order valence-corrected chi connectivity index (χ3v) is 20.7. The molecule has 25 heteroatoms. The molecule has 104 heavy (non-hydrogen) atoms. The SMILES string of the molecule is C.CCSc1nnc(SCC)c2c1CCC1C(CC2)C1COC(=O)CCCNC(=O)c1ccc(-c2c3ccc(=O)cc-3oc3cc(O)ccc23)c(C(=O)O)c1.CN.O=C(CCCNC(=O)c1ccc(-c2c3ccc(=O)cc-3oc3cc(O)ccc23)c(C(=O)O)c1)OCC1[C@H]2CCC#CCC[C@@H]12.O=C=O. The molecule has 5 aromatic rings. The van der Waals surface area contributed by atoms with Crippen LogP contribution in [0.3, 0.4) is 0 Å². The minimum absolute atomic E-state index is 0. The van der Waals surface area contributed by atoms with E-state index in [1.165, 1.54) is 91.0 Å². The third-order valence-electron chi connectivity index (χ3n) is 19.0. The Bertz CT molecular complexity index is 4780. The zero-order chi connectivity index (χ0) is 73.4. The number of carboxylic acids is 2. The molecule has 2 aliphatic heterocycles. The number of nitrogens with zero attached hydrogens (tertiary/aromatic N) is 2. The van der Waals surface area contributed by atoms with E-state index in [4.69, 9.17) is 27.9 Å². The van der Waals surface area contributed by atoms with E-state index in [0.29, 0.717) is 106 Å². The van der Waals surface area contributed by atoms with Crippen molar-refractivity contribution >= 4 is 87.3 Å². The first-order valence-electron chi connectivity index (χ1n) is 34.1. The quantitative estimate of drug-likeness (QED) is 0.0109. The summed E-state index contributed by atoms with van der Waals surface area (Å²) in [5.74, 6) is 7.67. The van der Waals surface area contributed by atoms with Gasteiger partial charge in [-0.25, -0.2) is 9.59 Å². The highest BCUT2D eigenvalue weighted by Gasteiger charge is 2.51. The number of amides is 2. The van der Waals surface area contributed by atoms with Gasteiger partial charge < -0.3 is 55.1 Å². The number of thioether (sulfide) groups is 2. The summed E-state index contributed by atoms with van der Waals surface area (Å²) in [6.45, 7) is 5.54. The number of hydrogen-bond donors (Lipinski definition) is 7. The van der Waals surface area contributed by atoms with Crippen molar-refractivity contribution in [3.8, 4) is 68.2 Å². The summed E-state index contributed by atoms with van der Waals surface area (Å²) in [5, 5.41) is 58.2. The number of aromatic nitrogens is 2.